The number of Topliss-reactive ketones (excluding diaryl/α,β-unsaturated/α-hetero) is 1. The molecule has 1 aromatic heterocycles. The third-order valence-electron chi connectivity index (χ3n) is 3.52. The van der Waals surface area contributed by atoms with Crippen molar-refractivity contribution < 1.29 is 14.3 Å². The zero-order valence-electron chi connectivity index (χ0n) is 13.7. The number of rotatable bonds is 5. The SMILES string of the molecule is CCc1cccc2c(C(=O)COC(=O)CC(C)(C)C)c[nH]c12. The molecule has 0 bridgehead atoms. The number of esters is 1. The molecule has 2 aromatic rings. The molecule has 1 aromatic carbocycles. The summed E-state index contributed by atoms with van der Waals surface area (Å²) in [5.41, 5.74) is 2.58. The van der Waals surface area contributed by atoms with Gasteiger partial charge < -0.3 is 9.72 Å². The summed E-state index contributed by atoms with van der Waals surface area (Å²) in [7, 11) is 0. The Morgan fingerprint density at radius 2 is 1.95 bits per heavy atom. The number of aromatic amines is 1. The largest absolute Gasteiger partial charge is 0.457 e. The molecule has 0 unspecified atom stereocenters. The van der Waals surface area contributed by atoms with Crippen LogP contribution in [0.2, 0.25) is 0 Å². The Kier molecular flexibility index (Phi) is 4.69. The van der Waals surface area contributed by atoms with Gasteiger partial charge in [-0.3, -0.25) is 9.59 Å². The Morgan fingerprint density at radius 1 is 1.23 bits per heavy atom. The van der Waals surface area contributed by atoms with E-state index in [4.69, 9.17) is 4.74 Å². The summed E-state index contributed by atoms with van der Waals surface area (Å²) in [4.78, 5) is 27.2. The lowest BCUT2D eigenvalue weighted by Crippen LogP contribution is -2.19. The second kappa shape index (κ2) is 6.34. The Bertz CT molecular complexity index is 692. The van der Waals surface area contributed by atoms with Gasteiger partial charge in [0.25, 0.3) is 0 Å². The molecule has 0 saturated heterocycles. The minimum absolute atomic E-state index is 0.142. The van der Waals surface area contributed by atoms with E-state index in [1.165, 1.54) is 5.56 Å². The molecular weight excluding hydrogens is 278 g/mol. The maximum atomic E-state index is 12.3. The van der Waals surface area contributed by atoms with Crippen LogP contribution in [-0.4, -0.2) is 23.3 Å². The van der Waals surface area contributed by atoms with E-state index in [-0.39, 0.29) is 23.8 Å². The van der Waals surface area contributed by atoms with E-state index < -0.39 is 0 Å². The van der Waals surface area contributed by atoms with Crippen LogP contribution < -0.4 is 0 Å². The van der Waals surface area contributed by atoms with Crippen LogP contribution in [0.25, 0.3) is 10.9 Å². The minimum Gasteiger partial charge on any atom is -0.457 e. The second-order valence-electron chi connectivity index (χ2n) is 6.72. The maximum absolute atomic E-state index is 12.3. The number of hydrogen-bond donors (Lipinski definition) is 1. The third kappa shape index (κ3) is 3.75. The Balaban J connectivity index is 2.09. The van der Waals surface area contributed by atoms with Crippen molar-refractivity contribution in [1.29, 1.82) is 0 Å². The van der Waals surface area contributed by atoms with E-state index in [0.29, 0.717) is 12.0 Å². The number of para-hydroxylation sites is 1. The van der Waals surface area contributed by atoms with Gasteiger partial charge in [-0.15, -0.1) is 0 Å². The zero-order valence-corrected chi connectivity index (χ0v) is 13.7. The van der Waals surface area contributed by atoms with Gasteiger partial charge in [0.15, 0.2) is 6.61 Å². The number of H-pyrrole nitrogens is 1. The lowest BCUT2D eigenvalue weighted by atomic mass is 9.92. The summed E-state index contributed by atoms with van der Waals surface area (Å²) in [6.45, 7) is 7.75. The van der Waals surface area contributed by atoms with E-state index in [9.17, 15) is 9.59 Å². The van der Waals surface area contributed by atoms with Crippen LogP contribution >= 0.6 is 0 Å². The summed E-state index contributed by atoms with van der Waals surface area (Å²) in [6, 6.07) is 5.89. The fourth-order valence-electron chi connectivity index (χ4n) is 2.45. The summed E-state index contributed by atoms with van der Waals surface area (Å²) in [6.07, 6.45) is 2.89. The summed E-state index contributed by atoms with van der Waals surface area (Å²) >= 11 is 0. The van der Waals surface area contributed by atoms with E-state index in [2.05, 4.69) is 11.9 Å². The highest BCUT2D eigenvalue weighted by molar-refractivity contribution is 6.09. The first-order valence-electron chi connectivity index (χ1n) is 7.59. The zero-order chi connectivity index (χ0) is 16.3. The highest BCUT2D eigenvalue weighted by atomic mass is 16.5. The van der Waals surface area contributed by atoms with Gasteiger partial charge in [0.2, 0.25) is 5.78 Å². The average molecular weight is 301 g/mol. The van der Waals surface area contributed by atoms with Gasteiger partial charge in [-0.2, -0.15) is 0 Å². The first kappa shape index (κ1) is 16.3. The van der Waals surface area contributed by atoms with Gasteiger partial charge in [-0.25, -0.2) is 0 Å². The Labute approximate surface area is 130 Å². The van der Waals surface area contributed by atoms with Crippen molar-refractivity contribution in [1.82, 2.24) is 4.98 Å². The number of fused-ring (bicyclic) bond motifs is 1. The first-order valence-corrected chi connectivity index (χ1v) is 7.59. The monoisotopic (exact) mass is 301 g/mol. The van der Waals surface area contributed by atoms with E-state index in [1.807, 2.05) is 39.0 Å². The Morgan fingerprint density at radius 3 is 2.59 bits per heavy atom. The average Bonchev–Trinajstić information content (AvgIpc) is 2.86. The molecule has 0 saturated carbocycles. The minimum atomic E-state index is -0.338. The molecule has 4 heteroatoms. The maximum Gasteiger partial charge on any atom is 0.306 e. The van der Waals surface area contributed by atoms with Crippen LogP contribution in [0.5, 0.6) is 0 Å². The highest BCUT2D eigenvalue weighted by Gasteiger charge is 2.19. The highest BCUT2D eigenvalue weighted by Crippen LogP contribution is 2.23. The van der Waals surface area contributed by atoms with Crippen molar-refractivity contribution in [2.75, 3.05) is 6.61 Å². The van der Waals surface area contributed by atoms with Crippen molar-refractivity contribution in [3.63, 3.8) is 0 Å². The van der Waals surface area contributed by atoms with Crippen LogP contribution in [0.4, 0.5) is 0 Å². The quantitative estimate of drug-likeness (QED) is 0.673. The topological polar surface area (TPSA) is 59.2 Å². The van der Waals surface area contributed by atoms with Gasteiger partial charge in [0.1, 0.15) is 0 Å². The van der Waals surface area contributed by atoms with Crippen LogP contribution in [0.15, 0.2) is 24.4 Å². The number of hydrogen-bond acceptors (Lipinski definition) is 3. The van der Waals surface area contributed by atoms with Gasteiger partial charge in [0, 0.05) is 22.7 Å². The van der Waals surface area contributed by atoms with E-state index in [1.54, 1.807) is 6.20 Å². The van der Waals surface area contributed by atoms with Gasteiger partial charge in [-0.05, 0) is 17.4 Å². The van der Waals surface area contributed by atoms with Crippen molar-refractivity contribution in [2.45, 2.75) is 40.5 Å². The molecule has 22 heavy (non-hydrogen) atoms. The van der Waals surface area contributed by atoms with Crippen molar-refractivity contribution in [3.05, 3.63) is 35.5 Å². The molecule has 0 fully saturated rings. The molecule has 118 valence electrons. The summed E-state index contributed by atoms with van der Waals surface area (Å²) in [5.74, 6) is -0.517. The predicted octanol–water partition coefficient (Wildman–Crippen LogP) is 3.89. The fraction of sp³-hybridized carbons (Fsp3) is 0.444. The molecule has 2 rings (SSSR count). The normalized spacial score (nSPS) is 11.6. The molecule has 4 nitrogen and oxygen atoms in total. The molecule has 0 aliphatic heterocycles. The van der Waals surface area contributed by atoms with Crippen LogP contribution in [0, 0.1) is 5.41 Å². The third-order valence-corrected chi connectivity index (χ3v) is 3.52. The summed E-state index contributed by atoms with van der Waals surface area (Å²) in [5, 5.41) is 0.885. The van der Waals surface area contributed by atoms with Crippen LogP contribution in [-0.2, 0) is 16.0 Å². The van der Waals surface area contributed by atoms with Crippen molar-refractivity contribution in [3.8, 4) is 0 Å². The molecule has 1 heterocycles. The van der Waals surface area contributed by atoms with Gasteiger partial charge >= 0.3 is 5.97 Å². The standard InChI is InChI=1S/C18H23NO3/c1-5-12-7-6-8-13-14(10-19-17(12)13)15(20)11-22-16(21)9-18(2,3)4/h6-8,10,19H,5,9,11H2,1-4H3. The Hall–Kier alpha value is -2.10. The van der Waals surface area contributed by atoms with Crippen molar-refractivity contribution >= 4 is 22.7 Å². The molecule has 1 N–H and O–H groups in total. The molecule has 0 amide bonds. The molecular formula is C18H23NO3. The van der Waals surface area contributed by atoms with Crippen LogP contribution in [0.3, 0.4) is 0 Å². The van der Waals surface area contributed by atoms with Crippen LogP contribution in [0.1, 0.15) is 50.0 Å². The lowest BCUT2D eigenvalue weighted by molar-refractivity contribution is -0.144. The number of carbonyl (C=O) groups is 2. The number of nitrogens with one attached hydrogen (secondary N) is 1. The predicted molar refractivity (Wildman–Crippen MR) is 87.0 cm³/mol. The molecule has 0 spiro atoms. The molecule has 0 aliphatic carbocycles. The summed E-state index contributed by atoms with van der Waals surface area (Å²) < 4.78 is 5.11. The second-order valence-corrected chi connectivity index (χ2v) is 6.72. The number of ether oxygens (including phenoxy) is 1. The number of carbonyl (C=O) groups excluding carboxylic acids is 2. The van der Waals surface area contributed by atoms with Gasteiger partial charge in [0.05, 0.1) is 6.42 Å². The number of aromatic nitrogens is 1. The molecule has 0 atom stereocenters. The van der Waals surface area contributed by atoms with Gasteiger partial charge in [-0.1, -0.05) is 45.9 Å². The number of aryl methyl sites for hydroxylation is 1. The van der Waals surface area contributed by atoms with Crippen molar-refractivity contribution in [2.24, 2.45) is 5.41 Å². The molecule has 0 aliphatic rings. The fourth-order valence-corrected chi connectivity index (χ4v) is 2.45. The number of benzene rings is 1. The smallest absolute Gasteiger partial charge is 0.306 e. The molecule has 0 radical (unpaired) electrons. The number of ketones is 1. The van der Waals surface area contributed by atoms with E-state index in [0.717, 1.165) is 17.3 Å². The first-order chi connectivity index (χ1) is 10.3. The lowest BCUT2D eigenvalue weighted by Gasteiger charge is -2.16. The van der Waals surface area contributed by atoms with E-state index >= 15 is 0 Å².